The van der Waals surface area contributed by atoms with Crippen molar-refractivity contribution in [3.05, 3.63) is 51.9 Å². The van der Waals surface area contributed by atoms with Gasteiger partial charge in [-0.05, 0) is 23.6 Å². The molecular weight excluding hydrogens is 293 g/mol. The molecule has 0 radical (unpaired) electrons. The van der Waals surface area contributed by atoms with E-state index < -0.39 is 0 Å². The Hall–Kier alpha value is -1.32. The van der Waals surface area contributed by atoms with E-state index in [-0.39, 0.29) is 5.92 Å². The molecule has 0 aliphatic carbocycles. The molecule has 1 aromatic heterocycles. The number of nitrogens with zero attached hydrogens (tertiary/aromatic N) is 3. The van der Waals surface area contributed by atoms with Crippen LogP contribution in [0.1, 0.15) is 30.9 Å². The monoisotopic (exact) mass is 309 g/mol. The second-order valence-corrected chi connectivity index (χ2v) is 5.84. The maximum Gasteiger partial charge on any atom is 0.138 e. The van der Waals surface area contributed by atoms with E-state index in [2.05, 4.69) is 28.7 Å². The van der Waals surface area contributed by atoms with Crippen molar-refractivity contribution in [1.29, 1.82) is 0 Å². The fourth-order valence-electron chi connectivity index (χ4n) is 2.15. The molecule has 2 aromatic rings. The van der Waals surface area contributed by atoms with Crippen molar-refractivity contribution < 1.29 is 0 Å². The number of halogens is 2. The van der Waals surface area contributed by atoms with Gasteiger partial charge in [-0.3, -0.25) is 0 Å². The maximum atomic E-state index is 6.20. The Morgan fingerprint density at radius 3 is 2.60 bits per heavy atom. The maximum absolute atomic E-state index is 6.20. The van der Waals surface area contributed by atoms with E-state index >= 15 is 0 Å². The first kappa shape index (κ1) is 15.1. The molecule has 3 nitrogen and oxygen atoms in total. The Balaban J connectivity index is 2.30. The van der Waals surface area contributed by atoms with Gasteiger partial charge in [-0.2, -0.15) is 0 Å². The lowest BCUT2D eigenvalue weighted by Crippen LogP contribution is -2.20. The van der Waals surface area contributed by atoms with E-state index in [1.807, 2.05) is 31.3 Å². The summed E-state index contributed by atoms with van der Waals surface area (Å²) in [5, 5.41) is 1.25. The predicted molar refractivity (Wildman–Crippen MR) is 84.7 cm³/mol. The van der Waals surface area contributed by atoms with Crippen molar-refractivity contribution in [3.8, 4) is 0 Å². The van der Waals surface area contributed by atoms with Crippen LogP contribution in [0.5, 0.6) is 0 Å². The predicted octanol–water partition coefficient (Wildman–Crippen LogP) is 4.54. The van der Waals surface area contributed by atoms with Crippen LogP contribution in [0.3, 0.4) is 0 Å². The lowest BCUT2D eigenvalue weighted by Gasteiger charge is -2.23. The minimum atomic E-state index is 0.264. The zero-order chi connectivity index (χ0) is 14.7. The second kappa shape index (κ2) is 6.42. The van der Waals surface area contributed by atoms with Crippen LogP contribution < -0.4 is 4.90 Å². The summed E-state index contributed by atoms with van der Waals surface area (Å²) < 4.78 is 0. The first-order valence-electron chi connectivity index (χ1n) is 6.45. The van der Waals surface area contributed by atoms with Crippen LogP contribution in [-0.4, -0.2) is 17.0 Å². The SMILES string of the molecule is CC(C)c1c(Cl)ncnc1N(C)Cc1cccc(Cl)c1. The van der Waals surface area contributed by atoms with Crippen LogP contribution >= 0.6 is 23.2 Å². The molecule has 0 saturated heterocycles. The second-order valence-electron chi connectivity index (χ2n) is 5.04. The zero-order valence-corrected chi connectivity index (χ0v) is 13.3. The lowest BCUT2D eigenvalue weighted by atomic mass is 10.1. The van der Waals surface area contributed by atoms with Crippen LogP contribution in [0.4, 0.5) is 5.82 Å². The fraction of sp³-hybridized carbons (Fsp3) is 0.333. The minimum Gasteiger partial charge on any atom is -0.355 e. The molecule has 0 spiro atoms. The van der Waals surface area contributed by atoms with E-state index in [1.54, 1.807) is 0 Å². The van der Waals surface area contributed by atoms with Gasteiger partial charge in [-0.15, -0.1) is 0 Å². The van der Waals surface area contributed by atoms with Crippen LogP contribution in [0.25, 0.3) is 0 Å². The fourth-order valence-corrected chi connectivity index (χ4v) is 2.71. The Bertz CT molecular complexity index is 599. The van der Waals surface area contributed by atoms with Crippen molar-refractivity contribution in [2.24, 2.45) is 0 Å². The van der Waals surface area contributed by atoms with Crippen molar-refractivity contribution in [3.63, 3.8) is 0 Å². The van der Waals surface area contributed by atoms with Gasteiger partial charge in [0.1, 0.15) is 17.3 Å². The minimum absolute atomic E-state index is 0.264. The molecule has 0 fully saturated rings. The summed E-state index contributed by atoms with van der Waals surface area (Å²) >= 11 is 12.2. The Morgan fingerprint density at radius 1 is 1.20 bits per heavy atom. The highest BCUT2D eigenvalue weighted by Gasteiger charge is 2.16. The Morgan fingerprint density at radius 2 is 1.95 bits per heavy atom. The van der Waals surface area contributed by atoms with E-state index in [9.17, 15) is 0 Å². The standard InChI is InChI=1S/C15H17Cl2N3/c1-10(2)13-14(17)18-9-19-15(13)20(3)8-11-5-4-6-12(16)7-11/h4-7,9-10H,8H2,1-3H3. The number of aromatic nitrogens is 2. The molecule has 1 aromatic carbocycles. The molecule has 106 valence electrons. The highest BCUT2D eigenvalue weighted by Crippen LogP contribution is 2.30. The summed E-state index contributed by atoms with van der Waals surface area (Å²) in [5.74, 6) is 1.13. The van der Waals surface area contributed by atoms with Gasteiger partial charge in [0, 0.05) is 24.2 Å². The third kappa shape index (κ3) is 3.41. The molecule has 0 atom stereocenters. The third-order valence-electron chi connectivity index (χ3n) is 3.06. The molecule has 0 amide bonds. The number of anilines is 1. The first-order chi connectivity index (χ1) is 9.49. The van der Waals surface area contributed by atoms with E-state index in [0.29, 0.717) is 11.7 Å². The lowest BCUT2D eigenvalue weighted by molar-refractivity contribution is 0.808. The average Bonchev–Trinajstić information content (AvgIpc) is 2.37. The van der Waals surface area contributed by atoms with Crippen LogP contribution in [0, 0.1) is 0 Å². The molecule has 0 unspecified atom stereocenters. The Labute approximate surface area is 129 Å². The summed E-state index contributed by atoms with van der Waals surface area (Å²) in [6, 6.07) is 7.81. The molecule has 0 aliphatic heterocycles. The van der Waals surface area contributed by atoms with Gasteiger partial charge in [0.2, 0.25) is 0 Å². The molecule has 0 saturated carbocycles. The van der Waals surface area contributed by atoms with Gasteiger partial charge in [0.05, 0.1) is 0 Å². The summed E-state index contributed by atoms with van der Waals surface area (Å²) in [7, 11) is 1.99. The molecule has 5 heteroatoms. The highest BCUT2D eigenvalue weighted by atomic mass is 35.5. The van der Waals surface area contributed by atoms with Crippen molar-refractivity contribution in [2.45, 2.75) is 26.3 Å². The van der Waals surface area contributed by atoms with Gasteiger partial charge < -0.3 is 4.90 Å². The van der Waals surface area contributed by atoms with E-state index in [1.165, 1.54) is 6.33 Å². The van der Waals surface area contributed by atoms with Crippen LogP contribution in [0.15, 0.2) is 30.6 Å². The van der Waals surface area contributed by atoms with Crippen molar-refractivity contribution in [2.75, 3.05) is 11.9 Å². The third-order valence-corrected chi connectivity index (χ3v) is 3.60. The molecule has 1 heterocycles. The molecule has 0 N–H and O–H groups in total. The largest absolute Gasteiger partial charge is 0.355 e. The van der Waals surface area contributed by atoms with Crippen LogP contribution in [-0.2, 0) is 6.54 Å². The molecular formula is C15H17Cl2N3. The summed E-state index contributed by atoms with van der Waals surface area (Å²) in [5.41, 5.74) is 2.10. The number of hydrogen-bond acceptors (Lipinski definition) is 3. The highest BCUT2D eigenvalue weighted by molar-refractivity contribution is 6.30. The quantitative estimate of drug-likeness (QED) is 0.776. The summed E-state index contributed by atoms with van der Waals surface area (Å²) in [6.07, 6.45) is 1.50. The summed E-state index contributed by atoms with van der Waals surface area (Å²) in [6.45, 7) is 4.89. The van der Waals surface area contributed by atoms with Gasteiger partial charge in [0.25, 0.3) is 0 Å². The molecule has 0 aliphatic rings. The number of benzene rings is 1. The normalized spacial score (nSPS) is 10.9. The van der Waals surface area contributed by atoms with E-state index in [0.717, 1.165) is 22.0 Å². The van der Waals surface area contributed by atoms with E-state index in [4.69, 9.17) is 23.2 Å². The average molecular weight is 310 g/mol. The Kier molecular flexibility index (Phi) is 4.84. The topological polar surface area (TPSA) is 29.0 Å². The molecule has 0 bridgehead atoms. The van der Waals surface area contributed by atoms with Crippen molar-refractivity contribution in [1.82, 2.24) is 9.97 Å². The van der Waals surface area contributed by atoms with Gasteiger partial charge in [0.15, 0.2) is 0 Å². The van der Waals surface area contributed by atoms with Gasteiger partial charge in [-0.1, -0.05) is 49.2 Å². The van der Waals surface area contributed by atoms with Gasteiger partial charge in [-0.25, -0.2) is 9.97 Å². The zero-order valence-electron chi connectivity index (χ0n) is 11.8. The first-order valence-corrected chi connectivity index (χ1v) is 7.20. The number of rotatable bonds is 4. The number of hydrogen-bond donors (Lipinski definition) is 0. The molecule has 20 heavy (non-hydrogen) atoms. The smallest absolute Gasteiger partial charge is 0.138 e. The molecule has 2 rings (SSSR count). The van der Waals surface area contributed by atoms with Gasteiger partial charge >= 0.3 is 0 Å². The summed E-state index contributed by atoms with van der Waals surface area (Å²) in [4.78, 5) is 10.5. The van der Waals surface area contributed by atoms with Crippen molar-refractivity contribution >= 4 is 29.0 Å². The van der Waals surface area contributed by atoms with Crippen LogP contribution in [0.2, 0.25) is 10.2 Å².